The highest BCUT2D eigenvalue weighted by Gasteiger charge is 2.66. The van der Waals surface area contributed by atoms with E-state index < -0.39 is 0 Å². The minimum Gasteiger partial charge on any atom is -0.330 e. The lowest BCUT2D eigenvalue weighted by molar-refractivity contribution is 0.457. The summed E-state index contributed by atoms with van der Waals surface area (Å²) in [7, 11) is 0. The minimum atomic E-state index is -0.190. The van der Waals surface area contributed by atoms with Gasteiger partial charge in [0.15, 0.2) is 4.77 Å². The Kier molecular flexibility index (Phi) is 2.35. The van der Waals surface area contributed by atoms with Crippen LogP contribution >= 0.6 is 12.2 Å². The van der Waals surface area contributed by atoms with E-state index in [1.54, 1.807) is 13.0 Å². The second-order valence-corrected chi connectivity index (χ2v) is 7.15. The van der Waals surface area contributed by atoms with Gasteiger partial charge < -0.3 is 9.55 Å². The summed E-state index contributed by atoms with van der Waals surface area (Å²) >= 11 is 5.45. The van der Waals surface area contributed by atoms with E-state index in [0.717, 1.165) is 11.0 Å². The van der Waals surface area contributed by atoms with Crippen LogP contribution in [0.4, 0.5) is 4.39 Å². The van der Waals surface area contributed by atoms with Crippen LogP contribution in [0.15, 0.2) is 12.1 Å². The van der Waals surface area contributed by atoms with Crippen molar-refractivity contribution in [3.63, 3.8) is 0 Å². The average molecular weight is 278 g/mol. The minimum absolute atomic E-state index is 0.190. The van der Waals surface area contributed by atoms with Gasteiger partial charge in [0, 0.05) is 6.04 Å². The van der Waals surface area contributed by atoms with Crippen molar-refractivity contribution in [3.05, 3.63) is 28.3 Å². The molecule has 3 rings (SSSR count). The molecule has 0 spiro atoms. The Morgan fingerprint density at radius 3 is 2.32 bits per heavy atom. The number of rotatable bonds is 1. The lowest BCUT2D eigenvalue weighted by atomic mass is 10.0. The smallest absolute Gasteiger partial charge is 0.178 e. The van der Waals surface area contributed by atoms with Crippen LogP contribution in [0.2, 0.25) is 0 Å². The van der Waals surface area contributed by atoms with E-state index >= 15 is 0 Å². The molecule has 1 aromatic carbocycles. The lowest BCUT2D eigenvalue weighted by Crippen LogP contribution is -2.01. The molecule has 102 valence electrons. The van der Waals surface area contributed by atoms with Gasteiger partial charge in [0.25, 0.3) is 0 Å². The molecule has 1 aromatic heterocycles. The predicted molar refractivity (Wildman–Crippen MR) is 78.4 cm³/mol. The van der Waals surface area contributed by atoms with Crippen molar-refractivity contribution in [3.8, 4) is 0 Å². The van der Waals surface area contributed by atoms with Crippen molar-refractivity contribution in [2.45, 2.75) is 40.7 Å². The standard InChI is InChI=1S/C15H19FN2S/c1-8-6-11-10(7-9(8)16)17-13(19)18(11)12-14(2,3)15(12,4)5/h6-7,12H,1-5H3,(H,17,19). The van der Waals surface area contributed by atoms with E-state index in [2.05, 4.69) is 37.2 Å². The van der Waals surface area contributed by atoms with Crippen LogP contribution in [-0.4, -0.2) is 9.55 Å². The third-order valence-corrected chi connectivity index (χ3v) is 5.50. The van der Waals surface area contributed by atoms with Gasteiger partial charge in [0.05, 0.1) is 11.0 Å². The Morgan fingerprint density at radius 1 is 1.21 bits per heavy atom. The molecular weight excluding hydrogens is 259 g/mol. The third-order valence-electron chi connectivity index (χ3n) is 5.20. The molecule has 1 saturated carbocycles. The lowest BCUT2D eigenvalue weighted by Gasteiger charge is -2.07. The molecule has 0 radical (unpaired) electrons. The molecule has 0 aliphatic heterocycles. The zero-order chi connectivity index (χ0) is 14.2. The molecule has 1 fully saturated rings. The van der Waals surface area contributed by atoms with Gasteiger partial charge in [-0.1, -0.05) is 27.7 Å². The second-order valence-electron chi connectivity index (χ2n) is 6.76. The van der Waals surface area contributed by atoms with Gasteiger partial charge >= 0.3 is 0 Å². The number of fused-ring (bicyclic) bond motifs is 1. The van der Waals surface area contributed by atoms with Gasteiger partial charge in [-0.15, -0.1) is 0 Å². The molecule has 0 bridgehead atoms. The summed E-state index contributed by atoms with van der Waals surface area (Å²) in [6.07, 6.45) is 0. The van der Waals surface area contributed by atoms with E-state index in [0.29, 0.717) is 16.4 Å². The number of hydrogen-bond donors (Lipinski definition) is 1. The zero-order valence-electron chi connectivity index (χ0n) is 12.0. The fourth-order valence-electron chi connectivity index (χ4n) is 3.31. The number of benzene rings is 1. The first kappa shape index (κ1) is 12.9. The molecule has 1 heterocycles. The van der Waals surface area contributed by atoms with Crippen molar-refractivity contribution >= 4 is 23.3 Å². The number of nitrogens with zero attached hydrogens (tertiary/aromatic N) is 1. The number of H-pyrrole nitrogens is 1. The van der Waals surface area contributed by atoms with E-state index in [4.69, 9.17) is 12.2 Å². The van der Waals surface area contributed by atoms with E-state index in [-0.39, 0.29) is 16.6 Å². The molecule has 0 unspecified atom stereocenters. The summed E-state index contributed by atoms with van der Waals surface area (Å²) in [4.78, 5) is 3.13. The molecular formula is C15H19FN2S. The summed E-state index contributed by atoms with van der Waals surface area (Å²) in [5, 5.41) is 0. The highest BCUT2D eigenvalue weighted by Crippen LogP contribution is 2.71. The number of aromatic amines is 1. The van der Waals surface area contributed by atoms with Crippen LogP contribution in [0.25, 0.3) is 11.0 Å². The Bertz CT molecular complexity index is 722. The van der Waals surface area contributed by atoms with Crippen LogP contribution < -0.4 is 0 Å². The maximum Gasteiger partial charge on any atom is 0.178 e. The van der Waals surface area contributed by atoms with Crippen molar-refractivity contribution in [1.29, 1.82) is 0 Å². The number of hydrogen-bond acceptors (Lipinski definition) is 1. The molecule has 0 amide bonds. The second kappa shape index (κ2) is 3.48. The van der Waals surface area contributed by atoms with Gasteiger partial charge in [0.2, 0.25) is 0 Å². The topological polar surface area (TPSA) is 20.7 Å². The predicted octanol–water partition coefficient (Wildman–Crippen LogP) is 4.75. The van der Waals surface area contributed by atoms with Gasteiger partial charge in [0.1, 0.15) is 5.82 Å². The largest absolute Gasteiger partial charge is 0.330 e. The first-order valence-electron chi connectivity index (χ1n) is 6.58. The number of imidazole rings is 1. The first-order valence-corrected chi connectivity index (χ1v) is 6.99. The molecule has 0 atom stereocenters. The van der Waals surface area contributed by atoms with Crippen LogP contribution in [0, 0.1) is 28.3 Å². The van der Waals surface area contributed by atoms with E-state index in [1.807, 2.05) is 6.07 Å². The first-order chi connectivity index (χ1) is 8.68. The maximum atomic E-state index is 13.6. The molecule has 1 aliphatic carbocycles. The molecule has 1 N–H and O–H groups in total. The van der Waals surface area contributed by atoms with Crippen LogP contribution in [0.3, 0.4) is 0 Å². The molecule has 2 aromatic rings. The third kappa shape index (κ3) is 1.49. The van der Waals surface area contributed by atoms with Crippen LogP contribution in [0.1, 0.15) is 39.3 Å². The zero-order valence-corrected chi connectivity index (χ0v) is 12.8. The molecule has 0 saturated heterocycles. The van der Waals surface area contributed by atoms with Crippen molar-refractivity contribution in [2.24, 2.45) is 10.8 Å². The Morgan fingerprint density at radius 2 is 1.79 bits per heavy atom. The molecule has 1 aliphatic rings. The molecule has 2 nitrogen and oxygen atoms in total. The SMILES string of the molecule is Cc1cc2c(cc1F)[nH]c(=S)n2C1C(C)(C)C1(C)C. The number of aromatic nitrogens is 2. The van der Waals surface area contributed by atoms with Crippen LogP contribution in [0.5, 0.6) is 0 Å². The summed E-state index contributed by atoms with van der Waals surface area (Å²) in [5.41, 5.74) is 2.84. The number of aryl methyl sites for hydroxylation is 1. The van der Waals surface area contributed by atoms with Gasteiger partial charge in [-0.2, -0.15) is 0 Å². The highest BCUT2D eigenvalue weighted by atomic mass is 32.1. The Balaban J connectivity index is 2.29. The van der Waals surface area contributed by atoms with E-state index in [9.17, 15) is 4.39 Å². The van der Waals surface area contributed by atoms with Gasteiger partial charge in [-0.05, 0) is 47.7 Å². The monoisotopic (exact) mass is 278 g/mol. The van der Waals surface area contributed by atoms with Crippen molar-refractivity contribution in [1.82, 2.24) is 9.55 Å². The molecule has 19 heavy (non-hydrogen) atoms. The van der Waals surface area contributed by atoms with E-state index in [1.165, 1.54) is 0 Å². The van der Waals surface area contributed by atoms with Gasteiger partial charge in [-0.3, -0.25) is 0 Å². The number of nitrogens with one attached hydrogen (secondary N) is 1. The van der Waals surface area contributed by atoms with Crippen LogP contribution in [-0.2, 0) is 0 Å². The molecule has 4 heteroatoms. The summed E-state index contributed by atoms with van der Waals surface area (Å²) in [5.74, 6) is -0.190. The number of halogens is 1. The maximum absolute atomic E-state index is 13.6. The normalized spacial score (nSPS) is 20.9. The van der Waals surface area contributed by atoms with Crippen molar-refractivity contribution in [2.75, 3.05) is 0 Å². The Hall–Kier alpha value is -1.16. The summed E-state index contributed by atoms with van der Waals surface area (Å²) in [6.45, 7) is 10.8. The highest BCUT2D eigenvalue weighted by molar-refractivity contribution is 7.71. The fraction of sp³-hybridized carbons (Fsp3) is 0.533. The fourth-order valence-corrected chi connectivity index (χ4v) is 3.63. The Labute approximate surface area is 117 Å². The van der Waals surface area contributed by atoms with Crippen molar-refractivity contribution < 1.29 is 4.39 Å². The summed E-state index contributed by atoms with van der Waals surface area (Å²) in [6, 6.07) is 3.78. The van der Waals surface area contributed by atoms with Gasteiger partial charge in [-0.25, -0.2) is 4.39 Å². The average Bonchev–Trinajstić information content (AvgIpc) is 2.54. The quantitative estimate of drug-likeness (QED) is 0.746. The summed E-state index contributed by atoms with van der Waals surface area (Å²) < 4.78 is 16.5.